The first-order valence-corrected chi connectivity index (χ1v) is 14.7. The summed E-state index contributed by atoms with van der Waals surface area (Å²) in [4.78, 5) is 26.0. The van der Waals surface area contributed by atoms with Crippen molar-refractivity contribution >= 4 is 23.3 Å². The quantitative estimate of drug-likeness (QED) is 0.210. The fourth-order valence-electron chi connectivity index (χ4n) is 5.19. The third kappa shape index (κ3) is 8.49. The second-order valence-corrected chi connectivity index (χ2v) is 11.6. The number of unbranched alkanes of at least 4 members (excludes halogenated alkanes) is 2. The number of carbonyl (C=O) groups excluding carboxylic acids is 2. The summed E-state index contributed by atoms with van der Waals surface area (Å²) in [7, 11) is 0. The van der Waals surface area contributed by atoms with Crippen molar-refractivity contribution in [2.45, 2.75) is 77.7 Å². The molecule has 1 aliphatic rings. The highest BCUT2D eigenvalue weighted by molar-refractivity contribution is 5.92. The molecule has 1 atom stereocenters. The van der Waals surface area contributed by atoms with Crippen molar-refractivity contribution in [1.82, 2.24) is 5.32 Å². The summed E-state index contributed by atoms with van der Waals surface area (Å²) in [6, 6.07) is 21.0. The van der Waals surface area contributed by atoms with Crippen molar-refractivity contribution in [2.75, 3.05) is 23.8 Å². The highest BCUT2D eigenvalue weighted by Crippen LogP contribution is 2.41. The number of nitrogens with one attached hydrogen (secondary N) is 3. The molecule has 0 aromatic heterocycles. The number of carbonyl (C=O) groups is 2. The molecule has 0 fully saturated rings. The Bertz CT molecular complexity index is 1320. The first-order chi connectivity index (χ1) is 19.7. The average Bonchev–Trinajstić information content (AvgIpc) is 2.95. The zero-order valence-electron chi connectivity index (χ0n) is 24.7. The van der Waals surface area contributed by atoms with Crippen LogP contribution in [0.3, 0.4) is 0 Å². The molecule has 0 saturated carbocycles. The average molecular weight is 558 g/mol. The monoisotopic (exact) mass is 557 g/mol. The van der Waals surface area contributed by atoms with Gasteiger partial charge >= 0.3 is 6.03 Å². The lowest BCUT2D eigenvalue weighted by Crippen LogP contribution is -2.28. The standard InChI is InChI=1S/C34H43N3O4/c1-5-6-8-12-25(27-15-11-16-30-32(27)41-20-19-40-30)22-31(38)37-29-21-24(17-18-28(29)34(2,3)4)23-35-33(39)36-26-13-9-7-10-14-26/h7,9-11,13-18,21,25H,5-6,8,12,19-20,22-23H2,1-4H3,(H,37,38)(H2,35,36,39). The van der Waals surface area contributed by atoms with Crippen LogP contribution in [0.5, 0.6) is 11.5 Å². The van der Waals surface area contributed by atoms with Gasteiger partial charge in [0, 0.05) is 29.9 Å². The molecule has 0 saturated heterocycles. The Morgan fingerprint density at radius 3 is 2.44 bits per heavy atom. The van der Waals surface area contributed by atoms with Gasteiger partial charge in [0.25, 0.3) is 0 Å². The first kappa shape index (κ1) is 30.0. The van der Waals surface area contributed by atoms with E-state index in [0.717, 1.165) is 65.2 Å². The number of hydrogen-bond acceptors (Lipinski definition) is 4. The van der Waals surface area contributed by atoms with Crippen LogP contribution in [0.15, 0.2) is 66.7 Å². The van der Waals surface area contributed by atoms with Crippen molar-refractivity contribution in [3.8, 4) is 11.5 Å². The van der Waals surface area contributed by atoms with Gasteiger partial charge in [0.1, 0.15) is 13.2 Å². The van der Waals surface area contributed by atoms with E-state index in [1.807, 2.05) is 60.7 Å². The molecule has 218 valence electrons. The molecule has 0 aliphatic carbocycles. The molecule has 1 unspecified atom stereocenters. The van der Waals surface area contributed by atoms with Crippen molar-refractivity contribution in [2.24, 2.45) is 0 Å². The lowest BCUT2D eigenvalue weighted by molar-refractivity contribution is -0.116. The molecule has 4 rings (SSSR count). The number of anilines is 2. The van der Waals surface area contributed by atoms with Gasteiger partial charge < -0.3 is 25.4 Å². The van der Waals surface area contributed by atoms with Gasteiger partial charge in [0.05, 0.1) is 0 Å². The van der Waals surface area contributed by atoms with Gasteiger partial charge in [0.15, 0.2) is 11.5 Å². The van der Waals surface area contributed by atoms with Crippen LogP contribution in [0.2, 0.25) is 0 Å². The molecular weight excluding hydrogens is 514 g/mol. The molecule has 3 amide bonds. The van der Waals surface area contributed by atoms with Gasteiger partial charge in [-0.05, 0) is 53.1 Å². The van der Waals surface area contributed by atoms with Gasteiger partial charge in [-0.25, -0.2) is 4.79 Å². The van der Waals surface area contributed by atoms with E-state index >= 15 is 0 Å². The molecule has 41 heavy (non-hydrogen) atoms. The van der Waals surface area contributed by atoms with Crippen LogP contribution in [0.25, 0.3) is 0 Å². The Labute approximate surface area is 244 Å². The minimum Gasteiger partial charge on any atom is -0.486 e. The summed E-state index contributed by atoms with van der Waals surface area (Å²) >= 11 is 0. The van der Waals surface area contributed by atoms with Crippen molar-refractivity contribution in [3.05, 3.63) is 83.4 Å². The van der Waals surface area contributed by atoms with Gasteiger partial charge in [-0.15, -0.1) is 0 Å². The Hall–Kier alpha value is -4.00. The molecule has 0 radical (unpaired) electrons. The molecule has 3 aromatic rings. The maximum Gasteiger partial charge on any atom is 0.319 e. The Morgan fingerprint density at radius 1 is 0.902 bits per heavy atom. The smallest absolute Gasteiger partial charge is 0.319 e. The summed E-state index contributed by atoms with van der Waals surface area (Å²) in [5.41, 5.74) is 4.30. The lowest BCUT2D eigenvalue weighted by Gasteiger charge is -2.26. The van der Waals surface area contributed by atoms with Crippen LogP contribution in [0, 0.1) is 0 Å². The fraction of sp³-hybridized carbons (Fsp3) is 0.412. The van der Waals surface area contributed by atoms with Gasteiger partial charge in [-0.2, -0.15) is 0 Å². The van der Waals surface area contributed by atoms with Gasteiger partial charge in [0.2, 0.25) is 5.91 Å². The third-order valence-corrected chi connectivity index (χ3v) is 7.28. The first-order valence-electron chi connectivity index (χ1n) is 14.7. The van der Waals surface area contributed by atoms with Gasteiger partial charge in [-0.3, -0.25) is 4.79 Å². The summed E-state index contributed by atoms with van der Waals surface area (Å²) in [5, 5.41) is 8.96. The van der Waals surface area contributed by atoms with Crippen LogP contribution in [0.1, 0.15) is 82.4 Å². The van der Waals surface area contributed by atoms with E-state index in [4.69, 9.17) is 9.47 Å². The number of urea groups is 1. The summed E-state index contributed by atoms with van der Waals surface area (Å²) < 4.78 is 11.8. The summed E-state index contributed by atoms with van der Waals surface area (Å²) in [6.45, 7) is 9.95. The number of ether oxygens (including phenoxy) is 2. The van der Waals surface area contributed by atoms with E-state index in [1.165, 1.54) is 0 Å². The van der Waals surface area contributed by atoms with Crippen LogP contribution in [0.4, 0.5) is 16.2 Å². The largest absolute Gasteiger partial charge is 0.486 e. The predicted molar refractivity (Wildman–Crippen MR) is 165 cm³/mol. The number of benzene rings is 3. The zero-order chi connectivity index (χ0) is 29.2. The summed E-state index contributed by atoms with van der Waals surface area (Å²) in [5.74, 6) is 1.49. The van der Waals surface area contributed by atoms with E-state index in [2.05, 4.69) is 49.7 Å². The number of hydrogen-bond donors (Lipinski definition) is 3. The number of rotatable bonds is 11. The highest BCUT2D eigenvalue weighted by Gasteiger charge is 2.25. The number of para-hydroxylation sites is 2. The molecule has 3 aromatic carbocycles. The lowest BCUT2D eigenvalue weighted by atomic mass is 9.85. The maximum atomic E-state index is 13.6. The third-order valence-electron chi connectivity index (χ3n) is 7.28. The minimum atomic E-state index is -0.283. The van der Waals surface area contributed by atoms with E-state index in [1.54, 1.807) is 0 Å². The van der Waals surface area contributed by atoms with Crippen molar-refractivity contribution in [1.29, 1.82) is 0 Å². The number of fused-ring (bicyclic) bond motifs is 1. The Morgan fingerprint density at radius 2 is 1.68 bits per heavy atom. The van der Waals surface area contributed by atoms with Gasteiger partial charge in [-0.1, -0.05) is 89.4 Å². The SMILES string of the molecule is CCCCCC(CC(=O)Nc1cc(CNC(=O)Nc2ccccc2)ccc1C(C)(C)C)c1cccc2c1OCCO2. The molecule has 3 N–H and O–H groups in total. The van der Waals surface area contributed by atoms with Crippen LogP contribution >= 0.6 is 0 Å². The van der Waals surface area contributed by atoms with Crippen LogP contribution < -0.4 is 25.4 Å². The zero-order valence-corrected chi connectivity index (χ0v) is 24.7. The van der Waals surface area contributed by atoms with Crippen molar-refractivity contribution in [3.63, 3.8) is 0 Å². The van der Waals surface area contributed by atoms with Crippen LogP contribution in [-0.4, -0.2) is 25.2 Å². The molecule has 0 spiro atoms. The molecule has 1 aliphatic heterocycles. The topological polar surface area (TPSA) is 88.7 Å². The fourth-order valence-corrected chi connectivity index (χ4v) is 5.19. The van der Waals surface area contributed by atoms with E-state index in [9.17, 15) is 9.59 Å². The van der Waals surface area contributed by atoms with Crippen molar-refractivity contribution < 1.29 is 19.1 Å². The molecule has 7 heteroatoms. The van der Waals surface area contributed by atoms with Crippen LogP contribution in [-0.2, 0) is 16.8 Å². The van der Waals surface area contributed by atoms with E-state index < -0.39 is 0 Å². The predicted octanol–water partition coefficient (Wildman–Crippen LogP) is 7.77. The molecule has 1 heterocycles. The molecular formula is C34H43N3O4. The van der Waals surface area contributed by atoms with E-state index in [-0.39, 0.29) is 23.3 Å². The highest BCUT2D eigenvalue weighted by atomic mass is 16.6. The maximum absolute atomic E-state index is 13.6. The summed E-state index contributed by atoms with van der Waals surface area (Å²) in [6.07, 6.45) is 4.51. The minimum absolute atomic E-state index is 0.0165. The molecule has 7 nitrogen and oxygen atoms in total. The normalized spacial score (nSPS) is 13.3. The Kier molecular flexibility index (Phi) is 10.3. The van der Waals surface area contributed by atoms with E-state index in [0.29, 0.717) is 26.2 Å². The Balaban J connectivity index is 1.49. The second-order valence-electron chi connectivity index (χ2n) is 11.6. The number of amides is 3. The second kappa shape index (κ2) is 14.1. The molecule has 0 bridgehead atoms.